The maximum Gasteiger partial charge on any atom is 0.326 e. The lowest BCUT2D eigenvalue weighted by atomic mass is 10.2. The van der Waals surface area contributed by atoms with Crippen LogP contribution in [0.5, 0.6) is 0 Å². The number of para-hydroxylation sites is 1. The van der Waals surface area contributed by atoms with Crippen LogP contribution >= 0.6 is 0 Å². The number of benzene rings is 1. The van der Waals surface area contributed by atoms with Gasteiger partial charge in [-0.3, -0.25) is 24.1 Å². The van der Waals surface area contributed by atoms with Crippen molar-refractivity contribution >= 4 is 29.4 Å². The number of carbonyl (C=O) groups is 4. The van der Waals surface area contributed by atoms with E-state index in [1.165, 1.54) is 13.0 Å². The lowest BCUT2D eigenvalue weighted by Crippen LogP contribution is -2.38. The van der Waals surface area contributed by atoms with Gasteiger partial charge in [0.05, 0.1) is 11.3 Å². The molecule has 1 heterocycles. The summed E-state index contributed by atoms with van der Waals surface area (Å²) in [5.74, 6) is -2.34. The quantitative estimate of drug-likeness (QED) is 0.624. The monoisotopic (exact) mass is 329 g/mol. The van der Waals surface area contributed by atoms with Crippen molar-refractivity contribution in [2.45, 2.75) is 25.9 Å². The molecule has 1 saturated heterocycles. The molecule has 2 rings (SSSR count). The van der Waals surface area contributed by atoms with Crippen molar-refractivity contribution in [2.75, 3.05) is 11.9 Å². The maximum absolute atomic E-state index is 12.0. The van der Waals surface area contributed by atoms with Crippen LogP contribution in [0, 0.1) is 11.3 Å². The zero-order valence-electron chi connectivity index (χ0n) is 12.9. The summed E-state index contributed by atoms with van der Waals surface area (Å²) in [6, 6.07) is 8.33. The van der Waals surface area contributed by atoms with Gasteiger partial charge >= 0.3 is 5.97 Å². The molecule has 1 aromatic rings. The molecule has 8 nitrogen and oxygen atoms in total. The van der Waals surface area contributed by atoms with Crippen molar-refractivity contribution in [2.24, 2.45) is 0 Å². The zero-order chi connectivity index (χ0) is 17.7. The van der Waals surface area contributed by atoms with E-state index in [0.717, 1.165) is 4.90 Å². The first-order valence-corrected chi connectivity index (χ1v) is 7.25. The summed E-state index contributed by atoms with van der Waals surface area (Å²) in [6.07, 6.45) is -0.989. The van der Waals surface area contributed by atoms with Crippen molar-refractivity contribution in [1.29, 1.82) is 5.26 Å². The average molecular weight is 329 g/mol. The summed E-state index contributed by atoms with van der Waals surface area (Å²) in [7, 11) is 0. The van der Waals surface area contributed by atoms with Crippen LogP contribution in [0.25, 0.3) is 0 Å². The number of carbonyl (C=O) groups excluding carboxylic acids is 4. The van der Waals surface area contributed by atoms with Crippen LogP contribution in [0.2, 0.25) is 0 Å². The molecular weight excluding hydrogens is 314 g/mol. The molecule has 1 aliphatic heterocycles. The van der Waals surface area contributed by atoms with Crippen molar-refractivity contribution in [3.63, 3.8) is 0 Å². The van der Waals surface area contributed by atoms with Gasteiger partial charge in [-0.05, 0) is 19.1 Å². The van der Waals surface area contributed by atoms with Gasteiger partial charge in [-0.1, -0.05) is 12.1 Å². The van der Waals surface area contributed by atoms with E-state index in [1.54, 1.807) is 18.2 Å². The molecule has 1 fully saturated rings. The second-order valence-electron chi connectivity index (χ2n) is 5.15. The van der Waals surface area contributed by atoms with E-state index in [0.29, 0.717) is 5.69 Å². The number of amides is 3. The standard InChI is InChI=1S/C16H15N3O5/c1-10(16(23)18-12-5-3-2-4-11(12)8-17)24-15(22)9-19-13(20)6-7-14(19)21/h2-5,10H,6-7,9H2,1H3,(H,18,23)/t10-/m1/s1. The Morgan fingerprint density at radius 3 is 2.54 bits per heavy atom. The summed E-state index contributed by atoms with van der Waals surface area (Å²) in [5.41, 5.74) is 0.579. The van der Waals surface area contributed by atoms with E-state index in [-0.39, 0.29) is 18.4 Å². The number of ether oxygens (including phenoxy) is 1. The normalized spacial score (nSPS) is 14.9. The van der Waals surface area contributed by atoms with Gasteiger partial charge in [0.2, 0.25) is 11.8 Å². The van der Waals surface area contributed by atoms with Crippen molar-refractivity contribution in [3.8, 4) is 6.07 Å². The first-order chi connectivity index (χ1) is 11.4. The highest BCUT2D eigenvalue weighted by Crippen LogP contribution is 2.15. The van der Waals surface area contributed by atoms with Crippen LogP contribution in [0.3, 0.4) is 0 Å². The summed E-state index contributed by atoms with van der Waals surface area (Å²) in [4.78, 5) is 47.5. The number of hydrogen-bond donors (Lipinski definition) is 1. The van der Waals surface area contributed by atoms with Gasteiger partial charge in [0, 0.05) is 12.8 Å². The molecule has 0 bridgehead atoms. The molecule has 0 aliphatic carbocycles. The molecule has 0 unspecified atom stereocenters. The topological polar surface area (TPSA) is 117 Å². The van der Waals surface area contributed by atoms with Crippen LogP contribution in [-0.2, 0) is 23.9 Å². The predicted octanol–water partition coefficient (Wildman–Crippen LogP) is 0.577. The second kappa shape index (κ2) is 7.37. The number of nitriles is 1. The smallest absolute Gasteiger partial charge is 0.326 e. The summed E-state index contributed by atoms with van der Waals surface area (Å²) < 4.78 is 4.94. The number of hydrogen-bond acceptors (Lipinski definition) is 6. The molecular formula is C16H15N3O5. The fourth-order valence-corrected chi connectivity index (χ4v) is 2.14. The van der Waals surface area contributed by atoms with Crippen LogP contribution in [0.1, 0.15) is 25.3 Å². The SMILES string of the molecule is C[C@@H](OC(=O)CN1C(=O)CCC1=O)C(=O)Nc1ccccc1C#N. The highest BCUT2D eigenvalue weighted by Gasteiger charge is 2.31. The molecule has 1 N–H and O–H groups in total. The Labute approximate surface area is 138 Å². The minimum Gasteiger partial charge on any atom is -0.451 e. The molecule has 1 aliphatic rings. The van der Waals surface area contributed by atoms with Crippen molar-refractivity contribution < 1.29 is 23.9 Å². The van der Waals surface area contributed by atoms with Gasteiger partial charge in [0.25, 0.3) is 5.91 Å². The first kappa shape index (κ1) is 17.1. The van der Waals surface area contributed by atoms with Gasteiger partial charge in [0.15, 0.2) is 6.10 Å². The lowest BCUT2D eigenvalue weighted by Gasteiger charge is -2.17. The van der Waals surface area contributed by atoms with Crippen molar-refractivity contribution in [3.05, 3.63) is 29.8 Å². The van der Waals surface area contributed by atoms with Gasteiger partial charge in [-0.2, -0.15) is 5.26 Å². The number of nitrogens with zero attached hydrogens (tertiary/aromatic N) is 2. The van der Waals surface area contributed by atoms with Gasteiger partial charge in [-0.15, -0.1) is 0 Å². The lowest BCUT2D eigenvalue weighted by molar-refractivity contribution is -0.158. The van der Waals surface area contributed by atoms with Gasteiger partial charge < -0.3 is 10.1 Å². The molecule has 1 aromatic carbocycles. The Hall–Kier alpha value is -3.21. The van der Waals surface area contributed by atoms with Crippen LogP contribution < -0.4 is 5.32 Å². The highest BCUT2D eigenvalue weighted by molar-refractivity contribution is 6.04. The summed E-state index contributed by atoms with van der Waals surface area (Å²) >= 11 is 0. The van der Waals surface area contributed by atoms with E-state index >= 15 is 0 Å². The predicted molar refractivity (Wildman–Crippen MR) is 81.3 cm³/mol. The van der Waals surface area contributed by atoms with E-state index in [4.69, 9.17) is 10.00 Å². The molecule has 0 saturated carbocycles. The van der Waals surface area contributed by atoms with E-state index in [1.807, 2.05) is 6.07 Å². The third kappa shape index (κ3) is 3.95. The highest BCUT2D eigenvalue weighted by atomic mass is 16.5. The summed E-state index contributed by atoms with van der Waals surface area (Å²) in [5, 5.41) is 11.5. The first-order valence-electron chi connectivity index (χ1n) is 7.25. The minimum atomic E-state index is -1.14. The third-order valence-corrected chi connectivity index (χ3v) is 3.42. The second-order valence-corrected chi connectivity index (χ2v) is 5.15. The number of esters is 1. The average Bonchev–Trinajstić information content (AvgIpc) is 2.87. The Bertz CT molecular complexity index is 721. The molecule has 124 valence electrons. The number of rotatable bonds is 5. The number of anilines is 1. The Kier molecular flexibility index (Phi) is 5.27. The maximum atomic E-state index is 12.0. The molecule has 8 heteroatoms. The van der Waals surface area contributed by atoms with Gasteiger partial charge in [0.1, 0.15) is 12.6 Å². The molecule has 1 atom stereocenters. The number of imide groups is 1. The molecule has 0 radical (unpaired) electrons. The number of nitrogens with one attached hydrogen (secondary N) is 1. The van der Waals surface area contributed by atoms with Crippen LogP contribution in [0.4, 0.5) is 5.69 Å². The molecule has 24 heavy (non-hydrogen) atoms. The zero-order valence-corrected chi connectivity index (χ0v) is 12.9. The van der Waals surface area contributed by atoms with E-state index < -0.39 is 36.3 Å². The minimum absolute atomic E-state index is 0.0765. The molecule has 0 aromatic heterocycles. The third-order valence-electron chi connectivity index (χ3n) is 3.42. The summed E-state index contributed by atoms with van der Waals surface area (Å²) in [6.45, 7) is 0.847. The van der Waals surface area contributed by atoms with Crippen LogP contribution in [-0.4, -0.2) is 41.2 Å². The number of likely N-dealkylation sites (tertiary alicyclic amines) is 1. The molecule has 0 spiro atoms. The van der Waals surface area contributed by atoms with Crippen molar-refractivity contribution in [1.82, 2.24) is 4.90 Å². The fraction of sp³-hybridized carbons (Fsp3) is 0.312. The Balaban J connectivity index is 1.91. The van der Waals surface area contributed by atoms with E-state index in [9.17, 15) is 19.2 Å². The Morgan fingerprint density at radius 1 is 1.29 bits per heavy atom. The molecule has 3 amide bonds. The van der Waals surface area contributed by atoms with Gasteiger partial charge in [-0.25, -0.2) is 0 Å². The van der Waals surface area contributed by atoms with Crippen LogP contribution in [0.15, 0.2) is 24.3 Å². The Morgan fingerprint density at radius 2 is 1.92 bits per heavy atom. The van der Waals surface area contributed by atoms with E-state index in [2.05, 4.69) is 5.32 Å². The largest absolute Gasteiger partial charge is 0.451 e. The fourth-order valence-electron chi connectivity index (χ4n) is 2.14.